The van der Waals surface area contributed by atoms with E-state index in [2.05, 4.69) is 46.8 Å². The van der Waals surface area contributed by atoms with Crippen LogP contribution in [0, 0.1) is 5.92 Å². The molecule has 0 heterocycles. The van der Waals surface area contributed by atoms with E-state index in [4.69, 9.17) is 4.74 Å². The molecule has 1 saturated carbocycles. The fourth-order valence-corrected chi connectivity index (χ4v) is 3.64. The average Bonchev–Trinajstić information content (AvgIpc) is 2.65. The van der Waals surface area contributed by atoms with Gasteiger partial charge in [-0.1, -0.05) is 31.4 Å². The van der Waals surface area contributed by atoms with Crippen molar-refractivity contribution in [3.05, 3.63) is 29.8 Å². The summed E-state index contributed by atoms with van der Waals surface area (Å²) in [6.07, 6.45) is 6.85. The summed E-state index contributed by atoms with van der Waals surface area (Å²) in [5.41, 5.74) is 1.21. The fraction of sp³-hybridized carbons (Fsp3) is 0.650. The molecule has 1 unspecified atom stereocenters. The van der Waals surface area contributed by atoms with Crippen LogP contribution < -0.4 is 15.4 Å². The van der Waals surface area contributed by atoms with E-state index in [0.717, 1.165) is 30.7 Å². The quantitative estimate of drug-likeness (QED) is 0.589. The predicted molar refractivity (Wildman–Crippen MR) is 105 cm³/mol. The van der Waals surface area contributed by atoms with E-state index < -0.39 is 0 Å². The number of rotatable bonds is 7. The normalized spacial score (nSPS) is 17.4. The lowest BCUT2D eigenvalue weighted by Gasteiger charge is -2.35. The molecule has 2 N–H and O–H groups in total. The third-order valence-electron chi connectivity index (χ3n) is 5.18. The molecule has 0 saturated heterocycles. The fourth-order valence-electron chi connectivity index (χ4n) is 3.64. The van der Waals surface area contributed by atoms with Crippen molar-refractivity contribution in [1.82, 2.24) is 15.5 Å². The van der Waals surface area contributed by atoms with Crippen LogP contribution in [0.15, 0.2) is 29.3 Å². The Hall–Kier alpha value is -1.75. The monoisotopic (exact) mass is 346 g/mol. The van der Waals surface area contributed by atoms with Crippen molar-refractivity contribution < 1.29 is 4.74 Å². The molecular weight excluding hydrogens is 312 g/mol. The van der Waals surface area contributed by atoms with E-state index in [1.807, 2.05) is 19.2 Å². The van der Waals surface area contributed by atoms with Crippen molar-refractivity contribution in [1.29, 1.82) is 0 Å². The molecule has 1 aliphatic rings. The first kappa shape index (κ1) is 19.6. The van der Waals surface area contributed by atoms with Crippen molar-refractivity contribution >= 4 is 5.96 Å². The van der Waals surface area contributed by atoms with Gasteiger partial charge in [0.25, 0.3) is 0 Å². The number of guanidine groups is 1. The molecule has 0 radical (unpaired) electrons. The minimum atomic E-state index is 0.555. The van der Waals surface area contributed by atoms with Crippen LogP contribution in [0.5, 0.6) is 5.75 Å². The number of ether oxygens (including phenoxy) is 1. The standard InChI is InChI=1S/C20H34N4O/c1-21-20(22-14-16-10-12-18(25-4)13-11-16)23-15-19(24(2)3)17-8-6-5-7-9-17/h10-13,17,19H,5-9,14-15H2,1-4H3,(H2,21,22,23). The summed E-state index contributed by atoms with van der Waals surface area (Å²) in [6, 6.07) is 8.67. The second kappa shape index (κ2) is 10.3. The van der Waals surface area contributed by atoms with E-state index in [1.54, 1.807) is 7.11 Å². The molecule has 0 aliphatic heterocycles. The number of methoxy groups -OCH3 is 1. The zero-order chi connectivity index (χ0) is 18.1. The summed E-state index contributed by atoms with van der Waals surface area (Å²) in [5, 5.41) is 6.91. The number of hydrogen-bond acceptors (Lipinski definition) is 3. The maximum atomic E-state index is 5.20. The van der Waals surface area contributed by atoms with Crippen molar-refractivity contribution in [2.45, 2.75) is 44.7 Å². The highest BCUT2D eigenvalue weighted by Crippen LogP contribution is 2.28. The van der Waals surface area contributed by atoms with Crippen LogP contribution in [0.2, 0.25) is 0 Å². The predicted octanol–water partition coefficient (Wildman–Crippen LogP) is 2.87. The minimum absolute atomic E-state index is 0.555. The Balaban J connectivity index is 1.83. The molecule has 0 spiro atoms. The number of nitrogens with one attached hydrogen (secondary N) is 2. The van der Waals surface area contributed by atoms with Crippen molar-refractivity contribution in [2.24, 2.45) is 10.9 Å². The zero-order valence-corrected chi connectivity index (χ0v) is 16.2. The van der Waals surface area contributed by atoms with E-state index >= 15 is 0 Å². The highest BCUT2D eigenvalue weighted by atomic mass is 16.5. The van der Waals surface area contributed by atoms with Gasteiger partial charge in [0.1, 0.15) is 5.75 Å². The maximum Gasteiger partial charge on any atom is 0.191 e. The van der Waals surface area contributed by atoms with Gasteiger partial charge in [0.2, 0.25) is 0 Å². The van der Waals surface area contributed by atoms with Crippen LogP contribution in [-0.2, 0) is 6.54 Å². The van der Waals surface area contributed by atoms with Crippen molar-refractivity contribution in [2.75, 3.05) is 34.8 Å². The highest BCUT2D eigenvalue weighted by Gasteiger charge is 2.25. The lowest BCUT2D eigenvalue weighted by atomic mass is 9.83. The van der Waals surface area contributed by atoms with Crippen molar-refractivity contribution in [3.63, 3.8) is 0 Å². The Bertz CT molecular complexity index is 521. The number of nitrogens with zero attached hydrogens (tertiary/aromatic N) is 2. The number of aliphatic imine (C=N–C) groups is 1. The smallest absolute Gasteiger partial charge is 0.191 e. The molecule has 1 atom stereocenters. The summed E-state index contributed by atoms with van der Waals surface area (Å²) in [5.74, 6) is 2.53. The molecule has 0 bridgehead atoms. The van der Waals surface area contributed by atoms with Gasteiger partial charge in [-0.15, -0.1) is 0 Å². The third-order valence-corrected chi connectivity index (χ3v) is 5.18. The number of likely N-dealkylation sites (N-methyl/N-ethyl adjacent to an activating group) is 1. The van der Waals surface area contributed by atoms with Gasteiger partial charge in [-0.3, -0.25) is 4.99 Å². The Morgan fingerprint density at radius 3 is 2.40 bits per heavy atom. The molecule has 5 heteroatoms. The van der Waals surface area contributed by atoms with Gasteiger partial charge >= 0.3 is 0 Å². The van der Waals surface area contributed by atoms with Crippen LogP contribution in [0.25, 0.3) is 0 Å². The summed E-state index contributed by atoms with van der Waals surface area (Å²) in [7, 11) is 7.89. The second-order valence-electron chi connectivity index (χ2n) is 7.08. The lowest BCUT2D eigenvalue weighted by Crippen LogP contribution is -2.48. The van der Waals surface area contributed by atoms with Gasteiger partial charge < -0.3 is 20.3 Å². The summed E-state index contributed by atoms with van der Waals surface area (Å²) in [6.45, 7) is 1.68. The molecule has 5 nitrogen and oxygen atoms in total. The second-order valence-corrected chi connectivity index (χ2v) is 7.08. The Morgan fingerprint density at radius 1 is 1.16 bits per heavy atom. The summed E-state index contributed by atoms with van der Waals surface area (Å²) >= 11 is 0. The van der Waals surface area contributed by atoms with Crippen LogP contribution in [0.1, 0.15) is 37.7 Å². The molecule has 2 rings (SSSR count). The molecule has 0 aromatic heterocycles. The minimum Gasteiger partial charge on any atom is -0.497 e. The van der Waals surface area contributed by atoms with E-state index in [9.17, 15) is 0 Å². The van der Waals surface area contributed by atoms with Gasteiger partial charge in [-0.2, -0.15) is 0 Å². The van der Waals surface area contributed by atoms with Gasteiger partial charge in [-0.05, 0) is 50.6 Å². The first-order valence-electron chi connectivity index (χ1n) is 9.38. The Labute approximate surface area is 152 Å². The van der Waals surface area contributed by atoms with Crippen molar-refractivity contribution in [3.8, 4) is 5.75 Å². The van der Waals surface area contributed by atoms with Crippen LogP contribution in [0.3, 0.4) is 0 Å². The van der Waals surface area contributed by atoms with E-state index in [-0.39, 0.29) is 0 Å². The maximum absolute atomic E-state index is 5.20. The molecule has 25 heavy (non-hydrogen) atoms. The molecule has 1 aromatic carbocycles. The molecule has 1 fully saturated rings. The molecule has 1 aliphatic carbocycles. The van der Waals surface area contributed by atoms with Gasteiger partial charge in [-0.25, -0.2) is 0 Å². The van der Waals surface area contributed by atoms with Gasteiger partial charge in [0.05, 0.1) is 7.11 Å². The highest BCUT2D eigenvalue weighted by molar-refractivity contribution is 5.79. The summed E-state index contributed by atoms with van der Waals surface area (Å²) in [4.78, 5) is 6.73. The molecule has 1 aromatic rings. The van der Waals surface area contributed by atoms with Crippen LogP contribution in [0.4, 0.5) is 0 Å². The topological polar surface area (TPSA) is 48.9 Å². The third kappa shape index (κ3) is 6.24. The molecule has 0 amide bonds. The van der Waals surface area contributed by atoms with Crippen LogP contribution in [-0.4, -0.2) is 51.7 Å². The summed E-state index contributed by atoms with van der Waals surface area (Å²) < 4.78 is 5.20. The first-order valence-corrected chi connectivity index (χ1v) is 9.38. The van der Waals surface area contributed by atoms with Gasteiger partial charge in [0.15, 0.2) is 5.96 Å². The number of benzene rings is 1. The molecular formula is C20H34N4O. The van der Waals surface area contributed by atoms with Crippen LogP contribution >= 0.6 is 0 Å². The van der Waals surface area contributed by atoms with E-state index in [1.165, 1.54) is 37.7 Å². The lowest BCUT2D eigenvalue weighted by molar-refractivity contribution is 0.171. The van der Waals surface area contributed by atoms with Gasteiger partial charge in [0, 0.05) is 26.2 Å². The van der Waals surface area contributed by atoms with E-state index in [0.29, 0.717) is 6.04 Å². The Morgan fingerprint density at radius 2 is 1.84 bits per heavy atom. The first-order chi connectivity index (χ1) is 12.1. The SMILES string of the molecule is CN=C(NCc1ccc(OC)cc1)NCC(C1CCCCC1)N(C)C. The zero-order valence-electron chi connectivity index (χ0n) is 16.2. The largest absolute Gasteiger partial charge is 0.497 e. The Kier molecular flexibility index (Phi) is 8.06. The average molecular weight is 347 g/mol. The molecule has 140 valence electrons. The number of hydrogen-bond donors (Lipinski definition) is 2.